The molecule has 1 aromatic heterocycles. The topological polar surface area (TPSA) is 0 Å². The number of hydrogen-bond donors (Lipinski definition) is 0. The highest BCUT2D eigenvalue weighted by atomic mass is 79.9. The van der Waals surface area contributed by atoms with E-state index in [0.717, 1.165) is 9.35 Å². The van der Waals surface area contributed by atoms with Crippen molar-refractivity contribution in [2.24, 2.45) is 0 Å². The van der Waals surface area contributed by atoms with Crippen molar-refractivity contribution in [2.75, 3.05) is 0 Å². The molecule has 0 aliphatic rings. The lowest BCUT2D eigenvalue weighted by Gasteiger charge is -2.15. The third-order valence-corrected chi connectivity index (χ3v) is 5.52. The molecule has 4 heteroatoms. The van der Waals surface area contributed by atoms with Gasteiger partial charge in [0.05, 0.1) is 5.38 Å². The predicted molar refractivity (Wildman–Crippen MR) is 84.8 cm³/mol. The summed E-state index contributed by atoms with van der Waals surface area (Å²) in [6.45, 7) is 6.47. The van der Waals surface area contributed by atoms with Gasteiger partial charge in [-0.2, -0.15) is 0 Å². The summed E-state index contributed by atoms with van der Waals surface area (Å²) in [6.07, 6.45) is 0. The molecule has 0 aliphatic carbocycles. The molecule has 0 saturated heterocycles. The Hall–Kier alpha value is -0.380. The Kier molecular flexibility index (Phi) is 4.38. The number of benzene rings is 1. The van der Waals surface area contributed by atoms with Crippen molar-refractivity contribution in [3.8, 4) is 0 Å². The van der Waals surface area contributed by atoms with Gasteiger partial charge in [0.25, 0.3) is 0 Å². The van der Waals surface area contributed by atoms with Crippen LogP contribution in [0.15, 0.2) is 34.8 Å². The molecule has 0 nitrogen and oxygen atoms in total. The lowest BCUT2D eigenvalue weighted by atomic mass is 9.95. The molecule has 1 aromatic carbocycles. The van der Waals surface area contributed by atoms with E-state index in [2.05, 4.69) is 42.8 Å². The van der Waals surface area contributed by atoms with E-state index in [0.29, 0.717) is 5.56 Å². The van der Waals surface area contributed by atoms with E-state index in [4.69, 9.17) is 11.6 Å². The molecule has 0 aliphatic heterocycles. The summed E-state index contributed by atoms with van der Waals surface area (Å²) >= 11 is 11.4. The molecule has 0 spiro atoms. The number of thiophene rings is 1. The van der Waals surface area contributed by atoms with E-state index in [1.54, 1.807) is 23.5 Å². The third kappa shape index (κ3) is 3.39. The summed E-state index contributed by atoms with van der Waals surface area (Å²) in [4.78, 5) is 2.23. The monoisotopic (exact) mass is 360 g/mol. The van der Waals surface area contributed by atoms with Crippen LogP contribution in [-0.4, -0.2) is 0 Å². The number of rotatable bonds is 2. The first-order valence-corrected chi connectivity index (χ1v) is 8.03. The van der Waals surface area contributed by atoms with Gasteiger partial charge in [0.2, 0.25) is 0 Å². The molecule has 19 heavy (non-hydrogen) atoms. The van der Waals surface area contributed by atoms with E-state index < -0.39 is 5.38 Å². The lowest BCUT2D eigenvalue weighted by molar-refractivity contribution is 0.604. The quantitative estimate of drug-likeness (QED) is 0.552. The van der Waals surface area contributed by atoms with E-state index >= 15 is 0 Å². The van der Waals surface area contributed by atoms with Crippen LogP contribution in [0.3, 0.4) is 0 Å². The average molecular weight is 362 g/mol. The van der Waals surface area contributed by atoms with Crippen LogP contribution in [0, 0.1) is 5.82 Å². The number of hydrogen-bond acceptors (Lipinski definition) is 1. The summed E-state index contributed by atoms with van der Waals surface area (Å²) < 4.78 is 14.7. The predicted octanol–water partition coefficient (Wildman–Crippen LogP) is 6.28. The van der Waals surface area contributed by atoms with E-state index in [9.17, 15) is 4.39 Å². The van der Waals surface area contributed by atoms with Gasteiger partial charge in [-0.15, -0.1) is 22.9 Å². The summed E-state index contributed by atoms with van der Waals surface area (Å²) in [6, 6.07) is 8.92. The number of alkyl halides is 1. The van der Waals surface area contributed by atoms with Gasteiger partial charge in [0.1, 0.15) is 5.82 Å². The van der Waals surface area contributed by atoms with Gasteiger partial charge in [-0.3, -0.25) is 0 Å². The maximum atomic E-state index is 13.8. The highest BCUT2D eigenvalue weighted by Crippen LogP contribution is 2.39. The molecule has 0 N–H and O–H groups in total. The first kappa shape index (κ1) is 15.0. The second-order valence-electron chi connectivity index (χ2n) is 5.48. The average Bonchev–Trinajstić information content (AvgIpc) is 2.80. The third-order valence-electron chi connectivity index (χ3n) is 2.85. The van der Waals surface area contributed by atoms with Crippen molar-refractivity contribution >= 4 is 38.9 Å². The van der Waals surface area contributed by atoms with E-state index in [1.807, 2.05) is 6.07 Å². The van der Waals surface area contributed by atoms with Gasteiger partial charge in [0, 0.05) is 19.8 Å². The van der Waals surface area contributed by atoms with Crippen LogP contribution in [0.2, 0.25) is 0 Å². The summed E-state index contributed by atoms with van der Waals surface area (Å²) in [7, 11) is 0. The highest BCUT2D eigenvalue weighted by Gasteiger charge is 2.21. The minimum atomic E-state index is -0.446. The van der Waals surface area contributed by atoms with Gasteiger partial charge < -0.3 is 0 Å². The van der Waals surface area contributed by atoms with Crippen molar-refractivity contribution in [3.63, 3.8) is 0 Å². The Morgan fingerprint density at radius 3 is 2.47 bits per heavy atom. The van der Waals surface area contributed by atoms with Crippen molar-refractivity contribution in [1.29, 1.82) is 0 Å². The van der Waals surface area contributed by atoms with Crippen LogP contribution in [0.25, 0.3) is 0 Å². The molecule has 0 saturated carbocycles. The molecule has 1 unspecified atom stereocenters. The fourth-order valence-electron chi connectivity index (χ4n) is 1.75. The molecule has 0 fully saturated rings. The zero-order chi connectivity index (χ0) is 14.2. The second kappa shape index (κ2) is 5.55. The molecular formula is C15H15BrClFS. The van der Waals surface area contributed by atoms with Gasteiger partial charge in [0.15, 0.2) is 0 Å². The lowest BCUT2D eigenvalue weighted by Crippen LogP contribution is -2.07. The van der Waals surface area contributed by atoms with Crippen LogP contribution >= 0.6 is 38.9 Å². The molecule has 102 valence electrons. The molecule has 0 radical (unpaired) electrons. The largest absolute Gasteiger partial charge is 0.207 e. The zero-order valence-corrected chi connectivity index (χ0v) is 14.2. The van der Waals surface area contributed by atoms with Crippen LogP contribution in [0.4, 0.5) is 4.39 Å². The Bertz CT molecular complexity index is 586. The molecule has 0 amide bonds. The Labute approximate surface area is 130 Å². The fraction of sp³-hybridized carbons (Fsp3) is 0.333. The Morgan fingerprint density at radius 1 is 1.21 bits per heavy atom. The minimum Gasteiger partial charge on any atom is -0.207 e. The standard InChI is InChI=1S/C15H15BrClFS/c1-15(2,3)13-7-6-12(19-13)14(17)10-8-9(16)4-5-11(10)18/h4-8,14H,1-3H3. The highest BCUT2D eigenvalue weighted by molar-refractivity contribution is 9.10. The normalized spacial score (nSPS) is 13.6. The Morgan fingerprint density at radius 2 is 1.89 bits per heavy atom. The van der Waals surface area contributed by atoms with Crippen molar-refractivity contribution in [3.05, 3.63) is 55.9 Å². The SMILES string of the molecule is CC(C)(C)c1ccc(C(Cl)c2cc(Br)ccc2F)s1. The van der Waals surface area contributed by atoms with Gasteiger partial charge >= 0.3 is 0 Å². The molecular weight excluding hydrogens is 347 g/mol. The van der Waals surface area contributed by atoms with Crippen molar-refractivity contribution in [1.82, 2.24) is 0 Å². The van der Waals surface area contributed by atoms with E-state index in [1.165, 1.54) is 10.9 Å². The first-order chi connectivity index (χ1) is 8.79. The fourth-order valence-corrected chi connectivity index (χ4v) is 3.57. The molecule has 0 bridgehead atoms. The van der Waals surface area contributed by atoms with Gasteiger partial charge in [-0.1, -0.05) is 36.7 Å². The molecule has 1 atom stereocenters. The maximum absolute atomic E-state index is 13.8. The first-order valence-electron chi connectivity index (χ1n) is 5.98. The Balaban J connectivity index is 2.36. The second-order valence-corrected chi connectivity index (χ2v) is 7.95. The van der Waals surface area contributed by atoms with Gasteiger partial charge in [-0.05, 0) is 35.7 Å². The number of halogens is 3. The van der Waals surface area contributed by atoms with Crippen molar-refractivity contribution < 1.29 is 4.39 Å². The minimum absolute atomic E-state index is 0.0926. The van der Waals surface area contributed by atoms with Crippen LogP contribution < -0.4 is 0 Å². The summed E-state index contributed by atoms with van der Waals surface area (Å²) in [5, 5.41) is -0.446. The molecule has 1 heterocycles. The van der Waals surface area contributed by atoms with Crippen molar-refractivity contribution in [2.45, 2.75) is 31.6 Å². The molecule has 2 rings (SSSR count). The van der Waals surface area contributed by atoms with E-state index in [-0.39, 0.29) is 11.2 Å². The van der Waals surface area contributed by atoms with Crippen LogP contribution in [0.1, 0.15) is 41.5 Å². The zero-order valence-electron chi connectivity index (χ0n) is 11.0. The smallest absolute Gasteiger partial charge is 0.128 e. The maximum Gasteiger partial charge on any atom is 0.128 e. The summed E-state index contributed by atoms with van der Waals surface area (Å²) in [5.41, 5.74) is 0.605. The molecule has 2 aromatic rings. The van der Waals surface area contributed by atoms with Crippen LogP contribution in [0.5, 0.6) is 0 Å². The van der Waals surface area contributed by atoms with Crippen LogP contribution in [-0.2, 0) is 5.41 Å². The van der Waals surface area contributed by atoms with Gasteiger partial charge in [-0.25, -0.2) is 4.39 Å². The summed E-state index contributed by atoms with van der Waals surface area (Å²) in [5.74, 6) is -0.270.